The van der Waals surface area contributed by atoms with Gasteiger partial charge in [-0.15, -0.1) is 5.10 Å². The van der Waals surface area contributed by atoms with Crippen LogP contribution in [0.25, 0.3) is 0 Å². The molecule has 0 aliphatic heterocycles. The van der Waals surface area contributed by atoms with Crippen LogP contribution in [0.15, 0.2) is 0 Å². The molecule has 108 valence electrons. The van der Waals surface area contributed by atoms with Gasteiger partial charge in [-0.25, -0.2) is 4.68 Å². The Morgan fingerprint density at radius 1 is 1.32 bits per heavy atom. The molecule has 6 nitrogen and oxygen atoms in total. The van der Waals surface area contributed by atoms with E-state index in [0.29, 0.717) is 25.3 Å². The van der Waals surface area contributed by atoms with Gasteiger partial charge in [0.1, 0.15) is 0 Å². The number of rotatable bonds is 7. The molecule has 0 aliphatic rings. The SMILES string of the molecule is CCC(CC)(Cn1nnnc1C(C)C(C)C)C(=O)O. The standard InChI is InChI=1S/C13H24N4O2/c1-6-13(7-2,12(18)19)8-17-11(14-15-16-17)10(5)9(3)4/h9-10H,6-8H2,1-5H3,(H,18,19). The van der Waals surface area contributed by atoms with Gasteiger partial charge in [0.05, 0.1) is 12.0 Å². The number of nitrogens with zero attached hydrogens (tertiary/aromatic N) is 4. The van der Waals surface area contributed by atoms with Crippen LogP contribution in [0.1, 0.15) is 59.2 Å². The zero-order valence-electron chi connectivity index (χ0n) is 12.4. The molecule has 1 unspecified atom stereocenters. The summed E-state index contributed by atoms with van der Waals surface area (Å²) in [6.07, 6.45) is 1.13. The van der Waals surface area contributed by atoms with Gasteiger partial charge in [0.2, 0.25) is 0 Å². The van der Waals surface area contributed by atoms with E-state index >= 15 is 0 Å². The average Bonchev–Trinajstić information content (AvgIpc) is 2.82. The minimum absolute atomic E-state index is 0.204. The molecule has 1 rings (SSSR count). The lowest BCUT2D eigenvalue weighted by molar-refractivity contribution is -0.150. The lowest BCUT2D eigenvalue weighted by Gasteiger charge is -2.27. The highest BCUT2D eigenvalue weighted by Gasteiger charge is 2.37. The summed E-state index contributed by atoms with van der Waals surface area (Å²) >= 11 is 0. The lowest BCUT2D eigenvalue weighted by atomic mass is 9.82. The highest BCUT2D eigenvalue weighted by Crippen LogP contribution is 2.30. The molecule has 1 N–H and O–H groups in total. The molecule has 1 aromatic rings. The highest BCUT2D eigenvalue weighted by atomic mass is 16.4. The quantitative estimate of drug-likeness (QED) is 0.820. The molecular weight excluding hydrogens is 244 g/mol. The van der Waals surface area contributed by atoms with E-state index in [9.17, 15) is 9.90 Å². The molecule has 6 heteroatoms. The molecule has 19 heavy (non-hydrogen) atoms. The molecule has 0 aromatic carbocycles. The fourth-order valence-electron chi connectivity index (χ4n) is 2.08. The maximum absolute atomic E-state index is 11.5. The minimum atomic E-state index is -0.791. The maximum atomic E-state index is 11.5. The third-order valence-corrected chi connectivity index (χ3v) is 4.23. The highest BCUT2D eigenvalue weighted by molar-refractivity contribution is 5.74. The average molecular weight is 268 g/mol. The van der Waals surface area contributed by atoms with Crippen molar-refractivity contribution >= 4 is 5.97 Å². The van der Waals surface area contributed by atoms with Crippen LogP contribution in [-0.4, -0.2) is 31.3 Å². The van der Waals surface area contributed by atoms with Crippen LogP contribution in [0, 0.1) is 11.3 Å². The number of hydrogen-bond donors (Lipinski definition) is 1. The van der Waals surface area contributed by atoms with Crippen LogP contribution < -0.4 is 0 Å². The number of aliphatic carboxylic acids is 1. The predicted octanol–water partition coefficient (Wildman–Crippen LogP) is 2.32. The topological polar surface area (TPSA) is 80.9 Å². The first-order valence-corrected chi connectivity index (χ1v) is 6.87. The van der Waals surface area contributed by atoms with Crippen molar-refractivity contribution in [3.05, 3.63) is 5.82 Å². The number of hydrogen-bond acceptors (Lipinski definition) is 4. The van der Waals surface area contributed by atoms with Gasteiger partial charge in [-0.05, 0) is 29.2 Å². The molecule has 0 saturated heterocycles. The molecule has 0 bridgehead atoms. The van der Waals surface area contributed by atoms with Gasteiger partial charge in [-0.2, -0.15) is 0 Å². The normalized spacial score (nSPS) is 13.8. The predicted molar refractivity (Wildman–Crippen MR) is 71.7 cm³/mol. The summed E-state index contributed by atoms with van der Waals surface area (Å²) in [6.45, 7) is 10.4. The first-order chi connectivity index (χ1) is 8.88. The second-order valence-electron chi connectivity index (χ2n) is 5.52. The van der Waals surface area contributed by atoms with E-state index in [1.807, 2.05) is 13.8 Å². The first kappa shape index (κ1) is 15.6. The molecule has 0 radical (unpaired) electrons. The summed E-state index contributed by atoms with van der Waals surface area (Å²) in [5.74, 6) is 0.598. The van der Waals surface area contributed by atoms with Crippen molar-refractivity contribution < 1.29 is 9.90 Å². The molecule has 0 fully saturated rings. The molecule has 0 saturated carbocycles. The maximum Gasteiger partial charge on any atom is 0.311 e. The van der Waals surface area contributed by atoms with Crippen molar-refractivity contribution in [1.29, 1.82) is 0 Å². The summed E-state index contributed by atoms with van der Waals surface area (Å²) in [5.41, 5.74) is -0.791. The van der Waals surface area contributed by atoms with E-state index in [0.717, 1.165) is 5.82 Å². The van der Waals surface area contributed by atoms with Gasteiger partial charge >= 0.3 is 5.97 Å². The Bertz CT molecular complexity index is 424. The molecule has 0 aliphatic carbocycles. The van der Waals surface area contributed by atoms with Crippen LogP contribution >= 0.6 is 0 Å². The van der Waals surface area contributed by atoms with Crippen molar-refractivity contribution in [2.75, 3.05) is 0 Å². The zero-order valence-corrected chi connectivity index (χ0v) is 12.4. The lowest BCUT2D eigenvalue weighted by Crippen LogP contribution is -2.35. The van der Waals surface area contributed by atoms with E-state index in [1.165, 1.54) is 0 Å². The van der Waals surface area contributed by atoms with Gasteiger partial charge in [0.25, 0.3) is 0 Å². The second kappa shape index (κ2) is 6.12. The number of tetrazole rings is 1. The van der Waals surface area contributed by atoms with E-state index in [2.05, 4.69) is 36.3 Å². The van der Waals surface area contributed by atoms with E-state index in [1.54, 1.807) is 4.68 Å². The van der Waals surface area contributed by atoms with Crippen molar-refractivity contribution in [2.24, 2.45) is 11.3 Å². The van der Waals surface area contributed by atoms with Gasteiger partial charge < -0.3 is 5.11 Å². The molecule has 1 atom stereocenters. The monoisotopic (exact) mass is 268 g/mol. The largest absolute Gasteiger partial charge is 0.481 e. The molecular formula is C13H24N4O2. The number of carbonyl (C=O) groups is 1. The van der Waals surface area contributed by atoms with Crippen molar-refractivity contribution in [1.82, 2.24) is 20.2 Å². The summed E-state index contributed by atoms with van der Waals surface area (Å²) in [6, 6.07) is 0. The minimum Gasteiger partial charge on any atom is -0.481 e. The Kier molecular flexibility index (Phi) is 5.03. The Morgan fingerprint density at radius 3 is 2.32 bits per heavy atom. The fourth-order valence-corrected chi connectivity index (χ4v) is 2.08. The Hall–Kier alpha value is -1.46. The summed E-state index contributed by atoms with van der Waals surface area (Å²) in [4.78, 5) is 11.5. The first-order valence-electron chi connectivity index (χ1n) is 6.87. The Labute approximate surface area is 114 Å². The zero-order chi connectivity index (χ0) is 14.6. The Balaban J connectivity index is 3.05. The number of aromatic nitrogens is 4. The van der Waals surface area contributed by atoms with Gasteiger partial charge in [-0.1, -0.05) is 34.6 Å². The van der Waals surface area contributed by atoms with Gasteiger partial charge in [0.15, 0.2) is 5.82 Å². The third-order valence-electron chi connectivity index (χ3n) is 4.23. The smallest absolute Gasteiger partial charge is 0.311 e. The van der Waals surface area contributed by atoms with Crippen LogP contribution in [0.3, 0.4) is 0 Å². The van der Waals surface area contributed by atoms with Crippen molar-refractivity contribution in [2.45, 2.75) is 59.9 Å². The molecule has 0 spiro atoms. The summed E-state index contributed by atoms with van der Waals surface area (Å²) < 4.78 is 1.66. The summed E-state index contributed by atoms with van der Waals surface area (Å²) in [7, 11) is 0. The van der Waals surface area contributed by atoms with E-state index < -0.39 is 11.4 Å². The molecule has 1 aromatic heterocycles. The second-order valence-corrected chi connectivity index (χ2v) is 5.52. The van der Waals surface area contributed by atoms with Crippen LogP contribution in [0.5, 0.6) is 0 Å². The van der Waals surface area contributed by atoms with E-state index in [-0.39, 0.29) is 5.92 Å². The van der Waals surface area contributed by atoms with E-state index in [4.69, 9.17) is 0 Å². The molecule has 1 heterocycles. The Morgan fingerprint density at radius 2 is 1.89 bits per heavy atom. The van der Waals surface area contributed by atoms with Crippen LogP contribution in [-0.2, 0) is 11.3 Å². The fraction of sp³-hybridized carbons (Fsp3) is 0.846. The van der Waals surface area contributed by atoms with Gasteiger partial charge in [0, 0.05) is 5.92 Å². The molecule has 0 amide bonds. The van der Waals surface area contributed by atoms with Crippen LogP contribution in [0.4, 0.5) is 0 Å². The third kappa shape index (κ3) is 3.11. The van der Waals surface area contributed by atoms with Crippen LogP contribution in [0.2, 0.25) is 0 Å². The number of carboxylic acid groups (broad SMARTS) is 1. The van der Waals surface area contributed by atoms with Crippen molar-refractivity contribution in [3.8, 4) is 0 Å². The summed E-state index contributed by atoms with van der Waals surface area (Å²) in [5, 5.41) is 21.2. The number of carboxylic acids is 1. The van der Waals surface area contributed by atoms with Gasteiger partial charge in [-0.3, -0.25) is 4.79 Å². The van der Waals surface area contributed by atoms with Crippen molar-refractivity contribution in [3.63, 3.8) is 0 Å².